The van der Waals surface area contributed by atoms with Crippen LogP contribution in [0.2, 0.25) is 0 Å². The van der Waals surface area contributed by atoms with Crippen molar-refractivity contribution < 1.29 is 14.6 Å². The molecule has 0 aromatic rings. The number of ether oxygens (including phenoxy) is 1. The van der Waals surface area contributed by atoms with E-state index in [2.05, 4.69) is 6.92 Å². The zero-order valence-corrected chi connectivity index (χ0v) is 8.38. The largest absolute Gasteiger partial charge is 0.441 e. The fourth-order valence-corrected chi connectivity index (χ4v) is 1.15. The summed E-state index contributed by atoms with van der Waals surface area (Å²) in [6.45, 7) is 3.60. The SMILES string of the molecule is CCCCC[C@](C)(CO)OC(N)=O. The van der Waals surface area contributed by atoms with Crippen molar-refractivity contribution >= 4 is 6.09 Å². The number of carbonyl (C=O) groups is 1. The second-order valence-electron chi connectivity index (χ2n) is 3.49. The topological polar surface area (TPSA) is 72.6 Å². The first-order valence-electron chi connectivity index (χ1n) is 4.63. The minimum Gasteiger partial charge on any atom is -0.441 e. The summed E-state index contributed by atoms with van der Waals surface area (Å²) < 4.78 is 4.82. The van der Waals surface area contributed by atoms with E-state index in [0.29, 0.717) is 6.42 Å². The molecule has 3 N–H and O–H groups in total. The van der Waals surface area contributed by atoms with Crippen LogP contribution >= 0.6 is 0 Å². The molecule has 0 heterocycles. The van der Waals surface area contributed by atoms with Gasteiger partial charge in [-0.15, -0.1) is 0 Å². The van der Waals surface area contributed by atoms with E-state index in [1.165, 1.54) is 0 Å². The molecule has 0 aliphatic rings. The Morgan fingerprint density at radius 1 is 1.54 bits per heavy atom. The average Bonchev–Trinajstić information content (AvgIpc) is 2.04. The van der Waals surface area contributed by atoms with Gasteiger partial charge in [0.25, 0.3) is 0 Å². The van der Waals surface area contributed by atoms with Crippen LogP contribution in [0.1, 0.15) is 39.5 Å². The molecule has 0 aromatic heterocycles. The third-order valence-corrected chi connectivity index (χ3v) is 1.99. The molecule has 4 heteroatoms. The van der Waals surface area contributed by atoms with Gasteiger partial charge in [0, 0.05) is 0 Å². The summed E-state index contributed by atoms with van der Waals surface area (Å²) in [5.74, 6) is 0. The molecule has 0 rings (SSSR count). The van der Waals surface area contributed by atoms with Crippen LogP contribution in [0.3, 0.4) is 0 Å². The fraction of sp³-hybridized carbons (Fsp3) is 0.889. The summed E-state index contributed by atoms with van der Waals surface area (Å²) in [5, 5.41) is 9.00. The van der Waals surface area contributed by atoms with E-state index in [1.54, 1.807) is 6.92 Å². The average molecular weight is 189 g/mol. The second kappa shape index (κ2) is 5.80. The summed E-state index contributed by atoms with van der Waals surface area (Å²) in [4.78, 5) is 10.5. The van der Waals surface area contributed by atoms with Gasteiger partial charge in [-0.2, -0.15) is 0 Å². The van der Waals surface area contributed by atoms with Crippen LogP contribution in [0.4, 0.5) is 4.79 Å². The second-order valence-corrected chi connectivity index (χ2v) is 3.49. The van der Waals surface area contributed by atoms with Crippen LogP contribution in [0.15, 0.2) is 0 Å². The summed E-state index contributed by atoms with van der Waals surface area (Å²) in [7, 11) is 0. The number of hydrogen-bond acceptors (Lipinski definition) is 3. The van der Waals surface area contributed by atoms with E-state index in [4.69, 9.17) is 15.6 Å². The maximum atomic E-state index is 10.5. The van der Waals surface area contributed by atoms with Gasteiger partial charge in [0.05, 0.1) is 6.61 Å². The molecule has 0 aliphatic carbocycles. The maximum absolute atomic E-state index is 10.5. The molecule has 0 saturated carbocycles. The Labute approximate surface area is 79.1 Å². The fourth-order valence-electron chi connectivity index (χ4n) is 1.15. The molecule has 78 valence electrons. The van der Waals surface area contributed by atoms with Crippen molar-refractivity contribution in [3.63, 3.8) is 0 Å². The predicted molar refractivity (Wildman–Crippen MR) is 50.3 cm³/mol. The highest BCUT2D eigenvalue weighted by atomic mass is 16.6. The molecule has 0 aliphatic heterocycles. The smallest absolute Gasteiger partial charge is 0.405 e. The minimum atomic E-state index is -0.826. The van der Waals surface area contributed by atoms with Gasteiger partial charge in [-0.25, -0.2) is 4.79 Å². The molecule has 0 saturated heterocycles. The number of primary amides is 1. The number of nitrogens with two attached hydrogens (primary N) is 1. The molecule has 0 bridgehead atoms. The van der Waals surface area contributed by atoms with E-state index in [-0.39, 0.29) is 6.61 Å². The molecule has 0 unspecified atom stereocenters. The molecule has 1 atom stereocenters. The molecule has 0 fully saturated rings. The zero-order chi connectivity index (χ0) is 10.3. The quantitative estimate of drug-likeness (QED) is 0.620. The predicted octanol–water partition coefficient (Wildman–Crippen LogP) is 1.41. The zero-order valence-electron chi connectivity index (χ0n) is 8.38. The Morgan fingerprint density at radius 3 is 2.54 bits per heavy atom. The highest BCUT2D eigenvalue weighted by Gasteiger charge is 2.26. The summed E-state index contributed by atoms with van der Waals surface area (Å²) in [5.41, 5.74) is 4.08. The Bertz CT molecular complexity index is 161. The Kier molecular flexibility index (Phi) is 5.46. The van der Waals surface area contributed by atoms with Gasteiger partial charge < -0.3 is 15.6 Å². The van der Waals surface area contributed by atoms with Crippen LogP contribution in [0.5, 0.6) is 0 Å². The van der Waals surface area contributed by atoms with E-state index >= 15 is 0 Å². The molecular formula is C9H19NO3. The van der Waals surface area contributed by atoms with Gasteiger partial charge in [-0.05, 0) is 19.8 Å². The summed E-state index contributed by atoms with van der Waals surface area (Å²) in [6.07, 6.45) is 2.92. The number of carbonyl (C=O) groups excluding carboxylic acids is 1. The Morgan fingerprint density at radius 2 is 2.15 bits per heavy atom. The molecule has 0 spiro atoms. The highest BCUT2D eigenvalue weighted by molar-refractivity contribution is 5.65. The summed E-state index contributed by atoms with van der Waals surface area (Å²) in [6, 6.07) is 0. The monoisotopic (exact) mass is 189 g/mol. The van der Waals surface area contributed by atoms with Crippen molar-refractivity contribution in [1.82, 2.24) is 0 Å². The molecule has 0 radical (unpaired) electrons. The van der Waals surface area contributed by atoms with Crippen molar-refractivity contribution in [2.24, 2.45) is 5.73 Å². The normalized spacial score (nSPS) is 15.0. The van der Waals surface area contributed by atoms with E-state index in [9.17, 15) is 4.79 Å². The van der Waals surface area contributed by atoms with E-state index in [1.807, 2.05) is 0 Å². The standard InChI is InChI=1S/C9H19NO3/c1-3-4-5-6-9(2,7-11)13-8(10)12/h11H,3-7H2,1-2H3,(H2,10,12)/t9-/m1/s1. The third kappa shape index (κ3) is 5.47. The van der Waals surface area contributed by atoms with Crippen LogP contribution in [-0.2, 0) is 4.74 Å². The summed E-state index contributed by atoms with van der Waals surface area (Å²) >= 11 is 0. The van der Waals surface area contributed by atoms with Crippen LogP contribution < -0.4 is 5.73 Å². The minimum absolute atomic E-state index is 0.181. The van der Waals surface area contributed by atoms with Gasteiger partial charge in [0.2, 0.25) is 0 Å². The Balaban J connectivity index is 3.88. The van der Waals surface area contributed by atoms with E-state index in [0.717, 1.165) is 19.3 Å². The van der Waals surface area contributed by atoms with Gasteiger partial charge >= 0.3 is 6.09 Å². The van der Waals surface area contributed by atoms with Crippen molar-refractivity contribution in [3.05, 3.63) is 0 Å². The number of amides is 1. The van der Waals surface area contributed by atoms with Gasteiger partial charge in [0.1, 0.15) is 5.60 Å². The van der Waals surface area contributed by atoms with Crippen LogP contribution in [-0.4, -0.2) is 23.4 Å². The number of rotatable bonds is 6. The van der Waals surface area contributed by atoms with Gasteiger partial charge in [0.15, 0.2) is 0 Å². The lowest BCUT2D eigenvalue weighted by Gasteiger charge is -2.26. The lowest BCUT2D eigenvalue weighted by molar-refractivity contribution is -0.0199. The first kappa shape index (κ1) is 12.2. The molecule has 1 amide bonds. The van der Waals surface area contributed by atoms with Gasteiger partial charge in [-0.1, -0.05) is 19.8 Å². The third-order valence-electron chi connectivity index (χ3n) is 1.99. The first-order chi connectivity index (χ1) is 6.04. The maximum Gasteiger partial charge on any atom is 0.405 e. The van der Waals surface area contributed by atoms with Crippen LogP contribution in [0, 0.1) is 0 Å². The van der Waals surface area contributed by atoms with Crippen molar-refractivity contribution in [2.75, 3.05) is 6.61 Å². The number of unbranched alkanes of at least 4 members (excludes halogenated alkanes) is 2. The Hall–Kier alpha value is -0.770. The number of hydrogen-bond donors (Lipinski definition) is 2. The lowest BCUT2D eigenvalue weighted by Crippen LogP contribution is -2.37. The van der Waals surface area contributed by atoms with Crippen LogP contribution in [0.25, 0.3) is 0 Å². The highest BCUT2D eigenvalue weighted by Crippen LogP contribution is 2.18. The van der Waals surface area contributed by atoms with Gasteiger partial charge in [-0.3, -0.25) is 0 Å². The number of aliphatic hydroxyl groups is 1. The lowest BCUT2D eigenvalue weighted by atomic mass is 9.99. The number of aliphatic hydroxyl groups excluding tert-OH is 1. The molecule has 0 aromatic carbocycles. The first-order valence-corrected chi connectivity index (χ1v) is 4.63. The molecule has 13 heavy (non-hydrogen) atoms. The van der Waals surface area contributed by atoms with Crippen molar-refractivity contribution in [2.45, 2.75) is 45.1 Å². The van der Waals surface area contributed by atoms with Crippen molar-refractivity contribution in [1.29, 1.82) is 0 Å². The molecular weight excluding hydrogens is 170 g/mol. The van der Waals surface area contributed by atoms with E-state index < -0.39 is 11.7 Å². The van der Waals surface area contributed by atoms with Crippen molar-refractivity contribution in [3.8, 4) is 0 Å². The molecule has 4 nitrogen and oxygen atoms in total.